The van der Waals surface area contributed by atoms with Gasteiger partial charge < -0.3 is 14.0 Å². The van der Waals surface area contributed by atoms with Crippen LogP contribution in [0.25, 0.3) is 11.5 Å². The number of aromatic nitrogens is 2. The molecule has 6 nitrogen and oxygen atoms in total. The van der Waals surface area contributed by atoms with E-state index in [1.54, 1.807) is 13.0 Å². The Labute approximate surface area is 114 Å². The smallest absolute Gasteiger partial charge is 0.312 e. The van der Waals surface area contributed by atoms with Crippen molar-refractivity contribution in [2.24, 2.45) is 4.99 Å². The van der Waals surface area contributed by atoms with Gasteiger partial charge in [0.2, 0.25) is 5.89 Å². The molecule has 0 aliphatic heterocycles. The fraction of sp³-hybridized carbons (Fsp3) is 0.0714. The Morgan fingerprint density at radius 2 is 2.05 bits per heavy atom. The first-order chi connectivity index (χ1) is 9.72. The second kappa shape index (κ2) is 5.00. The Hall–Kier alpha value is -2.89. The summed E-state index contributed by atoms with van der Waals surface area (Å²) >= 11 is 0. The summed E-state index contributed by atoms with van der Waals surface area (Å²) < 4.78 is 10.1. The molecule has 0 radical (unpaired) electrons. The second-order valence-electron chi connectivity index (χ2n) is 4.13. The maximum absolute atomic E-state index is 9.71. The van der Waals surface area contributed by atoms with E-state index in [1.807, 2.05) is 30.3 Å². The third-order valence-corrected chi connectivity index (χ3v) is 2.59. The highest BCUT2D eigenvalue weighted by Crippen LogP contribution is 2.25. The number of hydrogen-bond acceptors (Lipinski definition) is 6. The molecule has 6 heteroatoms. The van der Waals surface area contributed by atoms with Crippen LogP contribution in [0.5, 0.6) is 5.95 Å². The van der Waals surface area contributed by atoms with E-state index in [1.165, 1.54) is 6.21 Å². The zero-order valence-electron chi connectivity index (χ0n) is 10.6. The molecule has 0 fully saturated rings. The monoisotopic (exact) mass is 269 g/mol. The first-order valence-electron chi connectivity index (χ1n) is 5.95. The van der Waals surface area contributed by atoms with Gasteiger partial charge in [0.05, 0.1) is 6.21 Å². The summed E-state index contributed by atoms with van der Waals surface area (Å²) in [5.74, 6) is 1.12. The van der Waals surface area contributed by atoms with Crippen LogP contribution in [0.3, 0.4) is 0 Å². The highest BCUT2D eigenvalue weighted by molar-refractivity contribution is 5.82. The van der Waals surface area contributed by atoms with E-state index in [0.29, 0.717) is 17.5 Å². The fourth-order valence-corrected chi connectivity index (χ4v) is 1.65. The van der Waals surface area contributed by atoms with Crippen LogP contribution in [-0.4, -0.2) is 21.5 Å². The van der Waals surface area contributed by atoms with Crippen LogP contribution in [0.4, 0.5) is 5.82 Å². The molecule has 0 bridgehead atoms. The number of nitrogens with zero attached hydrogens (tertiary/aromatic N) is 3. The van der Waals surface area contributed by atoms with Crippen LogP contribution >= 0.6 is 0 Å². The quantitative estimate of drug-likeness (QED) is 0.738. The summed E-state index contributed by atoms with van der Waals surface area (Å²) in [6.45, 7) is 1.77. The van der Waals surface area contributed by atoms with Crippen molar-refractivity contribution in [3.63, 3.8) is 0 Å². The number of aromatic hydroxyl groups is 1. The zero-order chi connectivity index (χ0) is 13.9. The molecule has 1 aromatic carbocycles. The van der Waals surface area contributed by atoms with Crippen molar-refractivity contribution < 1.29 is 14.0 Å². The van der Waals surface area contributed by atoms with Crippen molar-refractivity contribution in [1.29, 1.82) is 0 Å². The van der Waals surface area contributed by atoms with E-state index < -0.39 is 0 Å². The van der Waals surface area contributed by atoms with Crippen LogP contribution < -0.4 is 0 Å². The predicted octanol–water partition coefficient (Wildman–Crippen LogP) is 3.09. The normalized spacial score (nSPS) is 11.2. The lowest BCUT2D eigenvalue weighted by molar-refractivity contribution is 0.337. The first kappa shape index (κ1) is 12.2. The van der Waals surface area contributed by atoms with Gasteiger partial charge >= 0.3 is 5.95 Å². The molecular weight excluding hydrogens is 258 g/mol. The summed E-state index contributed by atoms with van der Waals surface area (Å²) in [5.41, 5.74) is 1.02. The van der Waals surface area contributed by atoms with Crippen molar-refractivity contribution in [3.8, 4) is 17.4 Å². The lowest BCUT2D eigenvalue weighted by Gasteiger charge is -1.91. The first-order valence-corrected chi connectivity index (χ1v) is 5.95. The minimum absolute atomic E-state index is 0.240. The molecule has 0 unspecified atom stereocenters. The maximum Gasteiger partial charge on any atom is 0.312 e. The van der Waals surface area contributed by atoms with Crippen molar-refractivity contribution in [2.75, 3.05) is 0 Å². The van der Waals surface area contributed by atoms with E-state index in [-0.39, 0.29) is 11.6 Å². The molecule has 2 aromatic heterocycles. The summed E-state index contributed by atoms with van der Waals surface area (Å²) in [7, 11) is 0. The number of aliphatic imine (C=N–C) groups is 1. The SMILES string of the molecule is Cc1cc(N=Cc2nc(-c3ccccc3)oc2O)no1. The van der Waals surface area contributed by atoms with E-state index in [0.717, 1.165) is 5.56 Å². The van der Waals surface area contributed by atoms with Crippen molar-refractivity contribution in [2.45, 2.75) is 6.92 Å². The summed E-state index contributed by atoms with van der Waals surface area (Å²) in [6.07, 6.45) is 1.38. The predicted molar refractivity (Wildman–Crippen MR) is 72.1 cm³/mol. The molecule has 3 aromatic rings. The summed E-state index contributed by atoms with van der Waals surface area (Å²) in [6, 6.07) is 11.0. The molecular formula is C14H11N3O3. The van der Waals surface area contributed by atoms with Crippen molar-refractivity contribution in [3.05, 3.63) is 47.9 Å². The van der Waals surface area contributed by atoms with Crippen molar-refractivity contribution >= 4 is 12.0 Å². The summed E-state index contributed by atoms with van der Waals surface area (Å²) in [5, 5.41) is 13.4. The largest absolute Gasteiger partial charge is 0.479 e. The molecule has 20 heavy (non-hydrogen) atoms. The Bertz CT molecular complexity index is 744. The lowest BCUT2D eigenvalue weighted by atomic mass is 10.2. The van der Waals surface area contributed by atoms with E-state index in [2.05, 4.69) is 15.1 Å². The molecule has 0 aliphatic carbocycles. The number of hydrogen-bond donors (Lipinski definition) is 1. The Kier molecular flexibility index (Phi) is 3.04. The third-order valence-electron chi connectivity index (χ3n) is 2.59. The van der Waals surface area contributed by atoms with Crippen LogP contribution in [-0.2, 0) is 0 Å². The van der Waals surface area contributed by atoms with Gasteiger partial charge in [-0.05, 0) is 19.1 Å². The summed E-state index contributed by atoms with van der Waals surface area (Å²) in [4.78, 5) is 8.23. The van der Waals surface area contributed by atoms with Gasteiger partial charge in [0.25, 0.3) is 0 Å². The number of rotatable bonds is 3. The second-order valence-corrected chi connectivity index (χ2v) is 4.13. The van der Waals surface area contributed by atoms with Crippen molar-refractivity contribution in [1.82, 2.24) is 10.1 Å². The molecule has 100 valence electrons. The van der Waals surface area contributed by atoms with Gasteiger partial charge in [0.1, 0.15) is 5.76 Å². The van der Waals surface area contributed by atoms with Gasteiger partial charge in [0, 0.05) is 11.6 Å². The average molecular weight is 269 g/mol. The Balaban J connectivity index is 1.88. The van der Waals surface area contributed by atoms with Crippen LogP contribution in [0, 0.1) is 6.92 Å². The lowest BCUT2D eigenvalue weighted by Crippen LogP contribution is -1.82. The van der Waals surface area contributed by atoms with E-state index in [4.69, 9.17) is 8.94 Å². The standard InChI is InChI=1S/C14H11N3O3/c1-9-7-12(17-20-9)15-8-11-14(18)19-13(16-11)10-5-3-2-4-6-10/h2-8,18H,1H3. The van der Waals surface area contributed by atoms with Crippen LogP contribution in [0.2, 0.25) is 0 Å². The number of oxazole rings is 1. The molecule has 0 saturated heterocycles. The molecule has 0 aliphatic rings. The maximum atomic E-state index is 9.71. The van der Waals surface area contributed by atoms with Gasteiger partial charge in [-0.1, -0.05) is 23.4 Å². The number of benzene rings is 1. The van der Waals surface area contributed by atoms with Gasteiger partial charge in [-0.2, -0.15) is 0 Å². The Morgan fingerprint density at radius 3 is 2.75 bits per heavy atom. The van der Waals surface area contributed by atoms with Crippen LogP contribution in [0.15, 0.2) is 50.3 Å². The van der Waals surface area contributed by atoms with E-state index >= 15 is 0 Å². The highest BCUT2D eigenvalue weighted by Gasteiger charge is 2.12. The minimum Gasteiger partial charge on any atom is -0.479 e. The molecule has 2 heterocycles. The topological polar surface area (TPSA) is 84.7 Å². The molecule has 0 saturated carbocycles. The molecule has 0 atom stereocenters. The average Bonchev–Trinajstić information content (AvgIpc) is 3.04. The molecule has 3 rings (SSSR count). The van der Waals surface area contributed by atoms with E-state index in [9.17, 15) is 5.11 Å². The fourth-order valence-electron chi connectivity index (χ4n) is 1.65. The van der Waals surface area contributed by atoms with Gasteiger partial charge in [-0.3, -0.25) is 0 Å². The van der Waals surface area contributed by atoms with Crippen LogP contribution in [0.1, 0.15) is 11.5 Å². The Morgan fingerprint density at radius 1 is 1.25 bits per heavy atom. The molecule has 1 N–H and O–H groups in total. The molecule has 0 amide bonds. The highest BCUT2D eigenvalue weighted by atomic mass is 16.5. The van der Waals surface area contributed by atoms with Gasteiger partial charge in [-0.15, -0.1) is 0 Å². The number of aryl methyl sites for hydroxylation is 1. The van der Waals surface area contributed by atoms with Gasteiger partial charge in [-0.25, -0.2) is 9.98 Å². The zero-order valence-corrected chi connectivity index (χ0v) is 10.6. The third kappa shape index (κ3) is 2.44. The minimum atomic E-state index is -0.284. The van der Waals surface area contributed by atoms with Gasteiger partial charge in [0.15, 0.2) is 11.5 Å². The molecule has 0 spiro atoms.